The molecule has 0 heterocycles. The van der Waals surface area contributed by atoms with Gasteiger partial charge in [0.05, 0.1) is 7.11 Å². The SMILES string of the molecule is COc1cc(C)ccc1OCC(=O)NCc1ccc(C)c(F)c1. The van der Waals surface area contributed by atoms with Gasteiger partial charge in [-0.05, 0) is 48.7 Å². The number of carbonyl (C=O) groups excluding carboxylic acids is 1. The molecule has 0 aliphatic carbocycles. The van der Waals surface area contributed by atoms with E-state index in [-0.39, 0.29) is 24.9 Å². The highest BCUT2D eigenvalue weighted by molar-refractivity contribution is 5.77. The summed E-state index contributed by atoms with van der Waals surface area (Å²) in [5, 5.41) is 2.69. The smallest absolute Gasteiger partial charge is 0.258 e. The molecule has 1 N–H and O–H groups in total. The first-order valence-electron chi connectivity index (χ1n) is 7.29. The molecule has 0 aliphatic rings. The van der Waals surface area contributed by atoms with Crippen molar-refractivity contribution >= 4 is 5.91 Å². The molecule has 0 saturated heterocycles. The summed E-state index contributed by atoms with van der Waals surface area (Å²) >= 11 is 0. The lowest BCUT2D eigenvalue weighted by Gasteiger charge is -2.11. The fraction of sp³-hybridized carbons (Fsp3) is 0.278. The average molecular weight is 317 g/mol. The number of aryl methyl sites for hydroxylation is 2. The van der Waals surface area contributed by atoms with Gasteiger partial charge in [-0.15, -0.1) is 0 Å². The molecule has 0 aromatic heterocycles. The van der Waals surface area contributed by atoms with E-state index in [1.165, 1.54) is 6.07 Å². The number of rotatable bonds is 6. The van der Waals surface area contributed by atoms with Crippen molar-refractivity contribution < 1.29 is 18.7 Å². The van der Waals surface area contributed by atoms with E-state index in [2.05, 4.69) is 5.32 Å². The van der Waals surface area contributed by atoms with Crippen molar-refractivity contribution in [1.29, 1.82) is 0 Å². The fourth-order valence-corrected chi connectivity index (χ4v) is 2.04. The molecule has 122 valence electrons. The van der Waals surface area contributed by atoms with Gasteiger partial charge < -0.3 is 14.8 Å². The monoisotopic (exact) mass is 317 g/mol. The molecule has 0 fully saturated rings. The fourth-order valence-electron chi connectivity index (χ4n) is 2.04. The van der Waals surface area contributed by atoms with Crippen LogP contribution in [0.15, 0.2) is 36.4 Å². The van der Waals surface area contributed by atoms with Crippen molar-refractivity contribution in [2.45, 2.75) is 20.4 Å². The Kier molecular flexibility index (Phi) is 5.57. The molecule has 0 unspecified atom stereocenters. The van der Waals surface area contributed by atoms with Crippen LogP contribution in [-0.4, -0.2) is 19.6 Å². The van der Waals surface area contributed by atoms with E-state index in [0.717, 1.165) is 5.56 Å². The first-order chi connectivity index (χ1) is 11.0. The van der Waals surface area contributed by atoms with Crippen molar-refractivity contribution in [3.63, 3.8) is 0 Å². The molecule has 5 heteroatoms. The van der Waals surface area contributed by atoms with E-state index < -0.39 is 0 Å². The predicted octanol–water partition coefficient (Wildman–Crippen LogP) is 3.15. The van der Waals surface area contributed by atoms with Gasteiger partial charge in [-0.25, -0.2) is 4.39 Å². The Morgan fingerprint density at radius 2 is 1.91 bits per heavy atom. The number of methoxy groups -OCH3 is 1. The summed E-state index contributed by atoms with van der Waals surface area (Å²) < 4.78 is 24.1. The molecule has 23 heavy (non-hydrogen) atoms. The van der Waals surface area contributed by atoms with E-state index in [4.69, 9.17) is 9.47 Å². The molecule has 0 spiro atoms. The third-order valence-corrected chi connectivity index (χ3v) is 3.40. The summed E-state index contributed by atoms with van der Waals surface area (Å²) in [6.45, 7) is 3.76. The zero-order chi connectivity index (χ0) is 16.8. The van der Waals surface area contributed by atoms with Gasteiger partial charge in [-0.3, -0.25) is 4.79 Å². The molecule has 2 rings (SSSR count). The average Bonchev–Trinajstić information content (AvgIpc) is 2.54. The number of hydrogen-bond donors (Lipinski definition) is 1. The molecule has 2 aromatic rings. The van der Waals surface area contributed by atoms with Crippen LogP contribution in [0.1, 0.15) is 16.7 Å². The zero-order valence-electron chi connectivity index (χ0n) is 13.5. The number of amides is 1. The lowest BCUT2D eigenvalue weighted by molar-refractivity contribution is -0.123. The van der Waals surface area contributed by atoms with Crippen LogP contribution in [0.3, 0.4) is 0 Å². The molecular weight excluding hydrogens is 297 g/mol. The van der Waals surface area contributed by atoms with Gasteiger partial charge in [0, 0.05) is 6.54 Å². The third kappa shape index (κ3) is 4.71. The van der Waals surface area contributed by atoms with Crippen LogP contribution in [0.5, 0.6) is 11.5 Å². The maximum atomic E-state index is 13.4. The number of hydrogen-bond acceptors (Lipinski definition) is 3. The van der Waals surface area contributed by atoms with Crippen LogP contribution in [0, 0.1) is 19.7 Å². The van der Waals surface area contributed by atoms with E-state index >= 15 is 0 Å². The van der Waals surface area contributed by atoms with E-state index in [1.54, 1.807) is 32.2 Å². The van der Waals surface area contributed by atoms with Crippen LogP contribution in [0.25, 0.3) is 0 Å². The normalized spacial score (nSPS) is 10.3. The Bertz CT molecular complexity index is 701. The highest BCUT2D eigenvalue weighted by atomic mass is 19.1. The number of benzene rings is 2. The summed E-state index contributed by atoms with van der Waals surface area (Å²) in [5.74, 6) is 0.527. The van der Waals surface area contributed by atoms with Gasteiger partial charge in [-0.2, -0.15) is 0 Å². The Balaban J connectivity index is 1.86. The van der Waals surface area contributed by atoms with Gasteiger partial charge >= 0.3 is 0 Å². The van der Waals surface area contributed by atoms with Crippen molar-refractivity contribution in [2.24, 2.45) is 0 Å². The maximum absolute atomic E-state index is 13.4. The molecule has 0 atom stereocenters. The van der Waals surface area contributed by atoms with E-state index in [9.17, 15) is 9.18 Å². The summed E-state index contributed by atoms with van der Waals surface area (Å²) in [4.78, 5) is 11.8. The van der Waals surface area contributed by atoms with E-state index in [1.807, 2.05) is 19.1 Å². The molecule has 1 amide bonds. The van der Waals surface area contributed by atoms with Crippen molar-refractivity contribution in [3.8, 4) is 11.5 Å². The number of ether oxygens (including phenoxy) is 2. The van der Waals surface area contributed by atoms with Crippen molar-refractivity contribution in [3.05, 3.63) is 58.9 Å². The highest BCUT2D eigenvalue weighted by Gasteiger charge is 2.08. The first-order valence-corrected chi connectivity index (χ1v) is 7.29. The standard InChI is InChI=1S/C18H20FNO3/c1-12-4-7-16(17(8-12)22-3)23-11-18(21)20-10-14-6-5-13(2)15(19)9-14/h4-9H,10-11H2,1-3H3,(H,20,21). The van der Waals surface area contributed by atoms with E-state index in [0.29, 0.717) is 22.6 Å². The van der Waals surface area contributed by atoms with Crippen molar-refractivity contribution in [2.75, 3.05) is 13.7 Å². The number of nitrogens with one attached hydrogen (secondary N) is 1. The van der Waals surface area contributed by atoms with Crippen LogP contribution < -0.4 is 14.8 Å². The Morgan fingerprint density at radius 1 is 1.13 bits per heavy atom. The number of carbonyl (C=O) groups is 1. The number of halogens is 1. The first kappa shape index (κ1) is 16.8. The second-order valence-electron chi connectivity index (χ2n) is 5.30. The third-order valence-electron chi connectivity index (χ3n) is 3.40. The molecule has 0 saturated carbocycles. The van der Waals surface area contributed by atoms with Gasteiger partial charge in [-0.1, -0.05) is 18.2 Å². The maximum Gasteiger partial charge on any atom is 0.258 e. The van der Waals surface area contributed by atoms with Crippen LogP contribution in [-0.2, 0) is 11.3 Å². The largest absolute Gasteiger partial charge is 0.493 e. The van der Waals surface area contributed by atoms with Crippen LogP contribution in [0.4, 0.5) is 4.39 Å². The summed E-state index contributed by atoms with van der Waals surface area (Å²) in [6, 6.07) is 10.4. The lowest BCUT2D eigenvalue weighted by Crippen LogP contribution is -2.28. The topological polar surface area (TPSA) is 47.6 Å². The van der Waals surface area contributed by atoms with Crippen molar-refractivity contribution in [1.82, 2.24) is 5.32 Å². The molecule has 0 aliphatic heterocycles. The van der Waals surface area contributed by atoms with Gasteiger partial charge in [0.15, 0.2) is 18.1 Å². The highest BCUT2D eigenvalue weighted by Crippen LogP contribution is 2.27. The second kappa shape index (κ2) is 7.63. The Labute approximate surface area is 135 Å². The summed E-state index contributed by atoms with van der Waals surface area (Å²) in [6.07, 6.45) is 0. The molecule has 0 bridgehead atoms. The quantitative estimate of drug-likeness (QED) is 0.890. The predicted molar refractivity (Wildman–Crippen MR) is 86.2 cm³/mol. The van der Waals surface area contributed by atoms with Crippen LogP contribution in [0.2, 0.25) is 0 Å². The lowest BCUT2D eigenvalue weighted by atomic mass is 10.1. The molecule has 4 nitrogen and oxygen atoms in total. The minimum Gasteiger partial charge on any atom is -0.493 e. The summed E-state index contributed by atoms with van der Waals surface area (Å²) in [5.41, 5.74) is 2.32. The second-order valence-corrected chi connectivity index (χ2v) is 5.30. The Hall–Kier alpha value is -2.56. The molecule has 0 radical (unpaired) electrons. The van der Waals surface area contributed by atoms with Gasteiger partial charge in [0.25, 0.3) is 5.91 Å². The Morgan fingerprint density at radius 3 is 2.61 bits per heavy atom. The van der Waals surface area contributed by atoms with Crippen LogP contribution >= 0.6 is 0 Å². The zero-order valence-corrected chi connectivity index (χ0v) is 13.5. The minimum absolute atomic E-state index is 0.131. The van der Waals surface area contributed by atoms with Gasteiger partial charge in [0.2, 0.25) is 0 Å². The summed E-state index contributed by atoms with van der Waals surface area (Å²) in [7, 11) is 1.55. The minimum atomic E-state index is -0.284. The molecular formula is C18H20FNO3. The van der Waals surface area contributed by atoms with Gasteiger partial charge in [0.1, 0.15) is 5.82 Å². The molecule has 2 aromatic carbocycles.